The van der Waals surface area contributed by atoms with Gasteiger partial charge in [0.15, 0.2) is 0 Å². The van der Waals surface area contributed by atoms with Crippen molar-refractivity contribution in [3.05, 3.63) is 101 Å². The second-order valence-corrected chi connectivity index (χ2v) is 7.20. The third-order valence-corrected chi connectivity index (χ3v) is 5.19. The van der Waals surface area contributed by atoms with Crippen molar-refractivity contribution in [1.82, 2.24) is 9.97 Å². The number of nitrogens with one attached hydrogen (secondary N) is 1. The highest BCUT2D eigenvalue weighted by Gasteiger charge is 2.14. The van der Waals surface area contributed by atoms with E-state index in [4.69, 9.17) is 4.74 Å². The standard InChI is InChI=1S/C25H24N2O2.ClH/c1-3-29-25(28)20-11-9-18(10-12-20)14-21-7-4-8-23-24(21)22(17(2)27-23)15-19-6-5-13-26-16-19;/h4-13,16,27H,3,14-15H2,1-2H3;1H. The molecule has 2 heterocycles. The lowest BCUT2D eigenvalue weighted by Crippen LogP contribution is -2.04. The first-order valence-electron chi connectivity index (χ1n) is 9.89. The maximum atomic E-state index is 11.9. The van der Waals surface area contributed by atoms with E-state index >= 15 is 0 Å². The molecule has 0 bridgehead atoms. The van der Waals surface area contributed by atoms with Crippen LogP contribution in [-0.2, 0) is 17.6 Å². The molecule has 0 fully saturated rings. The fourth-order valence-electron chi connectivity index (χ4n) is 3.79. The summed E-state index contributed by atoms with van der Waals surface area (Å²) in [7, 11) is 0. The monoisotopic (exact) mass is 420 g/mol. The normalized spacial score (nSPS) is 10.6. The largest absolute Gasteiger partial charge is 0.462 e. The molecule has 30 heavy (non-hydrogen) atoms. The Bertz CT molecular complexity index is 1140. The molecule has 1 N–H and O–H groups in total. The van der Waals surface area contributed by atoms with Crippen molar-refractivity contribution in [2.45, 2.75) is 26.7 Å². The molecule has 0 saturated heterocycles. The van der Waals surface area contributed by atoms with Crippen molar-refractivity contribution < 1.29 is 9.53 Å². The zero-order valence-corrected chi connectivity index (χ0v) is 18.0. The number of nitrogens with zero attached hydrogens (tertiary/aromatic N) is 1. The highest BCUT2D eigenvalue weighted by Crippen LogP contribution is 2.29. The van der Waals surface area contributed by atoms with Crippen LogP contribution in [0.1, 0.15) is 45.2 Å². The summed E-state index contributed by atoms with van der Waals surface area (Å²) in [6, 6.07) is 18.2. The summed E-state index contributed by atoms with van der Waals surface area (Å²) in [6.07, 6.45) is 5.38. The maximum Gasteiger partial charge on any atom is 0.338 e. The van der Waals surface area contributed by atoms with Gasteiger partial charge in [-0.15, -0.1) is 12.4 Å². The molecule has 4 nitrogen and oxygen atoms in total. The molecule has 0 aliphatic heterocycles. The maximum absolute atomic E-state index is 11.9. The van der Waals surface area contributed by atoms with Crippen molar-refractivity contribution in [1.29, 1.82) is 0 Å². The molecule has 0 unspecified atom stereocenters. The SMILES string of the molecule is CCOC(=O)c1ccc(Cc2cccc3[nH]c(C)c(Cc4cccnc4)c23)cc1.Cl. The summed E-state index contributed by atoms with van der Waals surface area (Å²) in [5, 5.41) is 1.28. The molecule has 2 aromatic heterocycles. The average molecular weight is 421 g/mol. The van der Waals surface area contributed by atoms with Crippen molar-refractivity contribution in [2.24, 2.45) is 0 Å². The second-order valence-electron chi connectivity index (χ2n) is 7.20. The van der Waals surface area contributed by atoms with Crippen LogP contribution in [0.4, 0.5) is 0 Å². The molecule has 0 spiro atoms. The second kappa shape index (κ2) is 9.59. The van der Waals surface area contributed by atoms with Crippen molar-refractivity contribution >= 4 is 29.3 Å². The Kier molecular flexibility index (Phi) is 6.91. The predicted molar refractivity (Wildman–Crippen MR) is 123 cm³/mol. The van der Waals surface area contributed by atoms with Crippen LogP contribution >= 0.6 is 12.4 Å². The highest BCUT2D eigenvalue weighted by molar-refractivity contribution is 5.90. The van der Waals surface area contributed by atoms with Crippen LogP contribution in [0.2, 0.25) is 0 Å². The molecule has 0 saturated carbocycles. The van der Waals surface area contributed by atoms with Crippen LogP contribution in [0.15, 0.2) is 67.0 Å². The van der Waals surface area contributed by atoms with E-state index in [0.29, 0.717) is 12.2 Å². The summed E-state index contributed by atoms with van der Waals surface area (Å²) in [6.45, 7) is 4.33. The van der Waals surface area contributed by atoms with Gasteiger partial charge in [-0.25, -0.2) is 4.79 Å². The first-order valence-corrected chi connectivity index (χ1v) is 9.89. The third kappa shape index (κ3) is 4.55. The van der Waals surface area contributed by atoms with Crippen molar-refractivity contribution in [3.63, 3.8) is 0 Å². The lowest BCUT2D eigenvalue weighted by atomic mass is 9.95. The van der Waals surface area contributed by atoms with Crippen LogP contribution in [0, 0.1) is 6.92 Å². The first-order chi connectivity index (χ1) is 14.2. The summed E-state index contributed by atoms with van der Waals surface area (Å²) in [4.78, 5) is 19.7. The Hall–Kier alpha value is -3.11. The minimum Gasteiger partial charge on any atom is -0.462 e. The van der Waals surface area contributed by atoms with Gasteiger partial charge in [0, 0.05) is 35.4 Å². The van der Waals surface area contributed by atoms with Crippen molar-refractivity contribution in [3.8, 4) is 0 Å². The van der Waals surface area contributed by atoms with E-state index in [-0.39, 0.29) is 18.4 Å². The number of hydrogen-bond donors (Lipinski definition) is 1. The molecule has 0 atom stereocenters. The number of esters is 1. The minimum absolute atomic E-state index is 0. The number of H-pyrrole nitrogens is 1. The Labute approximate surface area is 182 Å². The summed E-state index contributed by atoms with van der Waals surface area (Å²) in [5.74, 6) is -0.277. The van der Waals surface area contributed by atoms with Crippen molar-refractivity contribution in [2.75, 3.05) is 6.61 Å². The minimum atomic E-state index is -0.277. The van der Waals surface area contributed by atoms with E-state index in [1.54, 1.807) is 6.20 Å². The number of ether oxygens (including phenoxy) is 1. The topological polar surface area (TPSA) is 55.0 Å². The fraction of sp³-hybridized carbons (Fsp3) is 0.200. The number of aryl methyl sites for hydroxylation is 1. The lowest BCUT2D eigenvalue weighted by molar-refractivity contribution is 0.0526. The van der Waals surface area contributed by atoms with Gasteiger partial charge < -0.3 is 9.72 Å². The molecular weight excluding hydrogens is 396 g/mol. The number of pyridine rings is 1. The lowest BCUT2D eigenvalue weighted by Gasteiger charge is -2.09. The fourth-order valence-corrected chi connectivity index (χ4v) is 3.79. The number of carbonyl (C=O) groups excluding carboxylic acids is 1. The predicted octanol–water partition coefficient (Wildman–Crippen LogP) is 5.65. The van der Waals surface area contributed by atoms with Gasteiger partial charge >= 0.3 is 5.97 Å². The quantitative estimate of drug-likeness (QED) is 0.410. The Morgan fingerprint density at radius 2 is 1.80 bits per heavy atom. The van der Waals surface area contributed by atoms with Gasteiger partial charge in [-0.2, -0.15) is 0 Å². The zero-order valence-electron chi connectivity index (χ0n) is 17.1. The van der Waals surface area contributed by atoms with Gasteiger partial charge in [-0.1, -0.05) is 30.3 Å². The van der Waals surface area contributed by atoms with Crippen LogP contribution in [-0.4, -0.2) is 22.5 Å². The van der Waals surface area contributed by atoms with E-state index in [2.05, 4.69) is 41.2 Å². The molecule has 0 aliphatic rings. The van der Waals surface area contributed by atoms with E-state index in [1.165, 1.54) is 27.8 Å². The molecule has 0 amide bonds. The third-order valence-electron chi connectivity index (χ3n) is 5.19. The number of hydrogen-bond acceptors (Lipinski definition) is 3. The summed E-state index contributed by atoms with van der Waals surface area (Å²) < 4.78 is 5.07. The van der Waals surface area contributed by atoms with E-state index in [1.807, 2.05) is 43.5 Å². The van der Waals surface area contributed by atoms with E-state index in [0.717, 1.165) is 23.9 Å². The molecule has 2 aromatic carbocycles. The molecular formula is C25H25ClN2O2. The van der Waals surface area contributed by atoms with E-state index in [9.17, 15) is 4.79 Å². The Morgan fingerprint density at radius 3 is 2.50 bits per heavy atom. The van der Waals surface area contributed by atoms with Gasteiger partial charge in [0.05, 0.1) is 12.2 Å². The summed E-state index contributed by atoms with van der Waals surface area (Å²) in [5.41, 5.74) is 7.88. The Balaban J connectivity index is 0.00000256. The average Bonchev–Trinajstić information content (AvgIpc) is 3.05. The number of benzene rings is 2. The first kappa shape index (κ1) is 21.6. The molecule has 0 radical (unpaired) electrons. The number of fused-ring (bicyclic) bond motifs is 1. The van der Waals surface area contributed by atoms with Gasteiger partial charge in [0.25, 0.3) is 0 Å². The summed E-state index contributed by atoms with van der Waals surface area (Å²) >= 11 is 0. The number of rotatable bonds is 6. The number of aromatic nitrogens is 2. The highest BCUT2D eigenvalue weighted by atomic mass is 35.5. The van der Waals surface area contributed by atoms with Gasteiger partial charge in [-0.3, -0.25) is 4.98 Å². The molecule has 154 valence electrons. The molecule has 0 aliphatic carbocycles. The number of carbonyl (C=O) groups is 1. The van der Waals surface area contributed by atoms with Gasteiger partial charge in [-0.05, 0) is 66.8 Å². The smallest absolute Gasteiger partial charge is 0.338 e. The van der Waals surface area contributed by atoms with Crippen LogP contribution in [0.5, 0.6) is 0 Å². The number of halogens is 1. The van der Waals surface area contributed by atoms with E-state index < -0.39 is 0 Å². The van der Waals surface area contributed by atoms with Crippen LogP contribution < -0.4 is 0 Å². The van der Waals surface area contributed by atoms with Gasteiger partial charge in [0.1, 0.15) is 0 Å². The number of aromatic amines is 1. The van der Waals surface area contributed by atoms with Crippen LogP contribution in [0.25, 0.3) is 10.9 Å². The van der Waals surface area contributed by atoms with Crippen LogP contribution in [0.3, 0.4) is 0 Å². The Morgan fingerprint density at radius 1 is 1.00 bits per heavy atom. The van der Waals surface area contributed by atoms with Gasteiger partial charge in [0.2, 0.25) is 0 Å². The molecule has 4 rings (SSSR count). The zero-order chi connectivity index (χ0) is 20.2. The molecule has 5 heteroatoms. The molecule has 4 aromatic rings.